The third-order valence-corrected chi connectivity index (χ3v) is 5.32. The minimum absolute atomic E-state index is 0.0647. The number of hydrogen-bond donors (Lipinski definition) is 0. The quantitative estimate of drug-likeness (QED) is 0.844. The molecule has 2 saturated carbocycles. The average Bonchev–Trinajstić information content (AvgIpc) is 3.30. The number of ketones is 1. The molecule has 2 aromatic rings. The van der Waals surface area contributed by atoms with Gasteiger partial charge < -0.3 is 13.7 Å². The lowest BCUT2D eigenvalue weighted by molar-refractivity contribution is -0.141. The van der Waals surface area contributed by atoms with E-state index in [2.05, 4.69) is 0 Å². The fourth-order valence-corrected chi connectivity index (χ4v) is 4.12. The molecule has 0 aliphatic heterocycles. The van der Waals surface area contributed by atoms with Crippen LogP contribution in [0.1, 0.15) is 37.2 Å². The normalized spacial score (nSPS) is 25.8. The predicted octanol–water partition coefficient (Wildman–Crippen LogP) is 3.41. The highest BCUT2D eigenvalue weighted by molar-refractivity contribution is 5.89. The van der Waals surface area contributed by atoms with Crippen LogP contribution in [0.25, 0.3) is 0 Å². The minimum atomic E-state index is -0.0647. The maximum atomic E-state index is 13.1. The van der Waals surface area contributed by atoms with Crippen LogP contribution in [-0.2, 0) is 22.7 Å². The molecule has 0 saturated heterocycles. The molecule has 0 spiro atoms. The Kier molecular flexibility index (Phi) is 4.00. The Morgan fingerprint density at radius 2 is 1.54 bits per heavy atom. The third kappa shape index (κ3) is 2.90. The monoisotopic (exact) mass is 327 g/mol. The molecule has 2 heterocycles. The summed E-state index contributed by atoms with van der Waals surface area (Å²) in [7, 11) is 0. The molecule has 4 rings (SSSR count). The molecular formula is C19H21NO4. The van der Waals surface area contributed by atoms with E-state index in [1.165, 1.54) is 0 Å². The van der Waals surface area contributed by atoms with Crippen molar-refractivity contribution in [3.8, 4) is 0 Å². The van der Waals surface area contributed by atoms with E-state index in [9.17, 15) is 9.59 Å². The zero-order chi connectivity index (χ0) is 16.5. The second kappa shape index (κ2) is 6.30. The van der Waals surface area contributed by atoms with Crippen molar-refractivity contribution in [1.29, 1.82) is 0 Å². The summed E-state index contributed by atoms with van der Waals surface area (Å²) in [5.74, 6) is 2.10. The summed E-state index contributed by atoms with van der Waals surface area (Å²) in [6, 6.07) is 7.39. The van der Waals surface area contributed by atoms with Crippen LogP contribution in [0.5, 0.6) is 0 Å². The zero-order valence-corrected chi connectivity index (χ0v) is 13.5. The van der Waals surface area contributed by atoms with E-state index in [1.54, 1.807) is 17.4 Å². The Morgan fingerprint density at radius 3 is 2.00 bits per heavy atom. The number of fused-ring (bicyclic) bond motifs is 2. The van der Waals surface area contributed by atoms with Gasteiger partial charge in [-0.25, -0.2) is 0 Å². The molecule has 2 bridgehead atoms. The molecule has 2 aliphatic carbocycles. The van der Waals surface area contributed by atoms with Crippen molar-refractivity contribution in [1.82, 2.24) is 4.90 Å². The topological polar surface area (TPSA) is 63.7 Å². The van der Waals surface area contributed by atoms with Gasteiger partial charge in [0.1, 0.15) is 17.3 Å². The second-order valence-corrected chi connectivity index (χ2v) is 6.89. The first kappa shape index (κ1) is 15.2. The Bertz CT molecular complexity index is 652. The first-order valence-electron chi connectivity index (χ1n) is 8.58. The summed E-state index contributed by atoms with van der Waals surface area (Å²) in [5, 5.41) is 0. The molecule has 24 heavy (non-hydrogen) atoms. The van der Waals surface area contributed by atoms with E-state index in [0.717, 1.165) is 24.4 Å². The van der Waals surface area contributed by atoms with Gasteiger partial charge in [-0.05, 0) is 49.9 Å². The molecule has 1 amide bonds. The minimum Gasteiger partial charge on any atom is -0.467 e. The molecule has 126 valence electrons. The molecule has 5 nitrogen and oxygen atoms in total. The number of carbonyl (C=O) groups is 2. The van der Waals surface area contributed by atoms with E-state index in [1.807, 2.05) is 24.3 Å². The van der Waals surface area contributed by atoms with Gasteiger partial charge in [0.15, 0.2) is 0 Å². The summed E-state index contributed by atoms with van der Waals surface area (Å²) >= 11 is 0. The van der Waals surface area contributed by atoms with Crippen LogP contribution in [0, 0.1) is 17.8 Å². The summed E-state index contributed by atoms with van der Waals surface area (Å²) in [6.45, 7) is 0.846. The van der Waals surface area contributed by atoms with Crippen LogP contribution in [-0.4, -0.2) is 16.6 Å². The van der Waals surface area contributed by atoms with Crippen molar-refractivity contribution in [2.75, 3.05) is 0 Å². The molecule has 2 atom stereocenters. The first-order chi connectivity index (χ1) is 11.7. The van der Waals surface area contributed by atoms with Crippen LogP contribution in [0.15, 0.2) is 45.6 Å². The van der Waals surface area contributed by atoms with Crippen molar-refractivity contribution in [2.45, 2.75) is 38.8 Å². The fourth-order valence-electron chi connectivity index (χ4n) is 4.12. The molecule has 2 aromatic heterocycles. The van der Waals surface area contributed by atoms with Crippen molar-refractivity contribution < 1.29 is 18.4 Å². The Hall–Kier alpha value is -2.30. The molecule has 0 N–H and O–H groups in total. The van der Waals surface area contributed by atoms with Crippen LogP contribution < -0.4 is 0 Å². The van der Waals surface area contributed by atoms with Gasteiger partial charge in [-0.3, -0.25) is 9.59 Å². The number of amides is 1. The van der Waals surface area contributed by atoms with Gasteiger partial charge in [0.25, 0.3) is 0 Å². The van der Waals surface area contributed by atoms with Crippen LogP contribution in [0.2, 0.25) is 0 Å². The standard InChI is InChI=1S/C19H21NO4/c21-18-13-5-6-14(18)10-15(9-13)19(22)20(11-16-3-1-7-23-16)12-17-4-2-8-24-17/h1-4,7-8,13-15H,5-6,9-12H2. The fraction of sp³-hybridized carbons (Fsp3) is 0.474. The van der Waals surface area contributed by atoms with Gasteiger partial charge in [-0.1, -0.05) is 0 Å². The van der Waals surface area contributed by atoms with E-state index in [4.69, 9.17) is 8.83 Å². The first-order valence-corrected chi connectivity index (χ1v) is 8.58. The van der Waals surface area contributed by atoms with Gasteiger partial charge in [0.2, 0.25) is 5.91 Å². The van der Waals surface area contributed by atoms with Gasteiger partial charge in [0.05, 0.1) is 25.6 Å². The highest BCUT2D eigenvalue weighted by Crippen LogP contribution is 2.42. The molecule has 2 fully saturated rings. The number of furan rings is 2. The molecule has 5 heteroatoms. The number of rotatable bonds is 5. The molecule has 0 radical (unpaired) electrons. The SMILES string of the molecule is O=C1C2CCC1CC(C(=O)N(Cc1ccco1)Cc1ccco1)C2. The Balaban J connectivity index is 1.51. The van der Waals surface area contributed by atoms with Crippen molar-refractivity contribution in [3.05, 3.63) is 48.3 Å². The third-order valence-electron chi connectivity index (χ3n) is 5.32. The number of carbonyl (C=O) groups excluding carboxylic acids is 2. The van der Waals surface area contributed by atoms with Gasteiger partial charge in [-0.2, -0.15) is 0 Å². The van der Waals surface area contributed by atoms with E-state index < -0.39 is 0 Å². The second-order valence-electron chi connectivity index (χ2n) is 6.89. The van der Waals surface area contributed by atoms with Crippen molar-refractivity contribution in [2.24, 2.45) is 17.8 Å². The summed E-state index contributed by atoms with van der Waals surface area (Å²) in [5.41, 5.74) is 0. The number of hydrogen-bond acceptors (Lipinski definition) is 4. The van der Waals surface area contributed by atoms with E-state index in [-0.39, 0.29) is 23.7 Å². The lowest BCUT2D eigenvalue weighted by Gasteiger charge is -2.30. The highest BCUT2D eigenvalue weighted by atomic mass is 16.3. The summed E-state index contributed by atoms with van der Waals surface area (Å²) in [4.78, 5) is 27.0. The average molecular weight is 327 g/mol. The van der Waals surface area contributed by atoms with E-state index >= 15 is 0 Å². The van der Waals surface area contributed by atoms with Gasteiger partial charge >= 0.3 is 0 Å². The molecule has 2 unspecified atom stereocenters. The Morgan fingerprint density at radius 1 is 1.00 bits per heavy atom. The maximum Gasteiger partial charge on any atom is 0.226 e. The largest absolute Gasteiger partial charge is 0.467 e. The highest BCUT2D eigenvalue weighted by Gasteiger charge is 2.44. The van der Waals surface area contributed by atoms with Crippen molar-refractivity contribution in [3.63, 3.8) is 0 Å². The summed E-state index contributed by atoms with van der Waals surface area (Å²) < 4.78 is 10.8. The molecular weight excluding hydrogens is 306 g/mol. The van der Waals surface area contributed by atoms with Crippen LogP contribution in [0.3, 0.4) is 0 Å². The Labute approximate surface area is 140 Å². The predicted molar refractivity (Wildman–Crippen MR) is 85.6 cm³/mol. The lowest BCUT2D eigenvalue weighted by Crippen LogP contribution is -2.39. The van der Waals surface area contributed by atoms with Gasteiger partial charge in [-0.15, -0.1) is 0 Å². The lowest BCUT2D eigenvalue weighted by atomic mass is 9.79. The van der Waals surface area contributed by atoms with Crippen LogP contribution in [0.4, 0.5) is 0 Å². The zero-order valence-electron chi connectivity index (χ0n) is 13.5. The van der Waals surface area contributed by atoms with E-state index in [0.29, 0.717) is 31.7 Å². The van der Waals surface area contributed by atoms with Crippen molar-refractivity contribution >= 4 is 11.7 Å². The molecule has 2 aliphatic rings. The molecule has 0 aromatic carbocycles. The summed E-state index contributed by atoms with van der Waals surface area (Å²) in [6.07, 6.45) is 6.52. The maximum absolute atomic E-state index is 13.1. The van der Waals surface area contributed by atoms with Crippen LogP contribution >= 0.6 is 0 Å². The smallest absolute Gasteiger partial charge is 0.226 e. The number of nitrogens with zero attached hydrogens (tertiary/aromatic N) is 1. The number of Topliss-reactive ketones (excluding diaryl/α,β-unsaturated/α-hetero) is 1. The van der Waals surface area contributed by atoms with Gasteiger partial charge in [0, 0.05) is 17.8 Å².